The maximum Gasteiger partial charge on any atom is 0.310 e. The molecule has 0 aromatic carbocycles. The summed E-state index contributed by atoms with van der Waals surface area (Å²) in [4.78, 5) is 24.8. The number of allylic oxidation sites excluding steroid dienone is 2. The molecule has 26 heavy (non-hydrogen) atoms. The number of hydrogen-bond donors (Lipinski definition) is 0. The Morgan fingerprint density at radius 1 is 0.769 bits per heavy atom. The van der Waals surface area contributed by atoms with Crippen LogP contribution in [0.15, 0.2) is 12.2 Å². The van der Waals surface area contributed by atoms with Crippen LogP contribution in [-0.4, -0.2) is 25.2 Å². The molecule has 150 valence electrons. The molecule has 0 aromatic heterocycles. The molecule has 0 N–H and O–H groups in total. The Balaban J connectivity index is 2.34. The van der Waals surface area contributed by atoms with E-state index in [0.29, 0.717) is 37.9 Å². The minimum atomic E-state index is -0.395. The van der Waals surface area contributed by atoms with E-state index in [-0.39, 0.29) is 11.9 Å². The third-order valence-corrected chi connectivity index (χ3v) is 4.88. The van der Waals surface area contributed by atoms with Crippen molar-refractivity contribution in [3.63, 3.8) is 0 Å². The molecule has 2 atom stereocenters. The summed E-state index contributed by atoms with van der Waals surface area (Å²) in [6.45, 7) is 9.67. The maximum absolute atomic E-state index is 12.4. The molecule has 4 heteroatoms. The second kappa shape index (κ2) is 12.9. The molecule has 0 bridgehead atoms. The predicted molar refractivity (Wildman–Crippen MR) is 105 cm³/mol. The number of hydrogen-bond acceptors (Lipinski definition) is 4. The number of esters is 2. The summed E-state index contributed by atoms with van der Waals surface area (Å²) in [6.07, 6.45) is 11.3. The van der Waals surface area contributed by atoms with Crippen LogP contribution in [0.2, 0.25) is 0 Å². The highest BCUT2D eigenvalue weighted by Crippen LogP contribution is 2.28. The lowest BCUT2D eigenvalue weighted by molar-refractivity contribution is -0.161. The van der Waals surface area contributed by atoms with Crippen LogP contribution in [0.25, 0.3) is 0 Å². The van der Waals surface area contributed by atoms with E-state index in [2.05, 4.69) is 27.7 Å². The maximum atomic E-state index is 12.4. The van der Waals surface area contributed by atoms with E-state index in [1.807, 2.05) is 12.2 Å². The fraction of sp³-hybridized carbons (Fsp3) is 0.818. The van der Waals surface area contributed by atoms with Gasteiger partial charge in [0.1, 0.15) is 0 Å². The summed E-state index contributed by atoms with van der Waals surface area (Å²) in [7, 11) is 0. The second-order valence-corrected chi connectivity index (χ2v) is 8.27. The summed E-state index contributed by atoms with van der Waals surface area (Å²) in [5, 5.41) is 0. The first-order valence-electron chi connectivity index (χ1n) is 10.4. The molecule has 0 aromatic rings. The van der Waals surface area contributed by atoms with Crippen molar-refractivity contribution >= 4 is 11.9 Å². The molecule has 0 radical (unpaired) electrons. The largest absolute Gasteiger partial charge is 0.465 e. The molecule has 0 spiro atoms. The van der Waals surface area contributed by atoms with Crippen LogP contribution in [-0.2, 0) is 19.1 Å². The van der Waals surface area contributed by atoms with E-state index >= 15 is 0 Å². The number of carbonyl (C=O) groups excluding carboxylic acids is 2. The normalized spacial score (nSPS) is 19.8. The van der Waals surface area contributed by atoms with Gasteiger partial charge in [-0.1, -0.05) is 52.7 Å². The van der Waals surface area contributed by atoms with Crippen molar-refractivity contribution in [2.75, 3.05) is 13.2 Å². The Hall–Kier alpha value is -1.32. The van der Waals surface area contributed by atoms with Crippen molar-refractivity contribution in [2.24, 2.45) is 23.7 Å². The van der Waals surface area contributed by atoms with E-state index in [9.17, 15) is 9.59 Å². The molecule has 0 saturated carbocycles. The lowest BCUT2D eigenvalue weighted by atomic mass is 9.83. The minimum Gasteiger partial charge on any atom is -0.465 e. The number of unbranched alkanes of at least 4 members (excludes halogenated alkanes) is 2. The van der Waals surface area contributed by atoms with Crippen molar-refractivity contribution in [1.82, 2.24) is 0 Å². The van der Waals surface area contributed by atoms with Gasteiger partial charge >= 0.3 is 11.9 Å². The molecular formula is C22H38O4. The molecule has 0 heterocycles. The highest BCUT2D eigenvalue weighted by Gasteiger charge is 2.36. The Labute approximate surface area is 159 Å². The van der Waals surface area contributed by atoms with Gasteiger partial charge in [0.05, 0.1) is 25.0 Å². The summed E-state index contributed by atoms with van der Waals surface area (Å²) in [5.74, 6) is 0.0607. The van der Waals surface area contributed by atoms with Crippen molar-refractivity contribution in [1.29, 1.82) is 0 Å². The zero-order valence-electron chi connectivity index (χ0n) is 17.2. The minimum absolute atomic E-state index is 0.249. The van der Waals surface area contributed by atoms with Crippen molar-refractivity contribution < 1.29 is 19.1 Å². The van der Waals surface area contributed by atoms with Crippen LogP contribution in [0.5, 0.6) is 0 Å². The first kappa shape index (κ1) is 22.7. The smallest absolute Gasteiger partial charge is 0.310 e. The molecule has 1 rings (SSSR count). The first-order valence-corrected chi connectivity index (χ1v) is 10.4. The molecule has 1 aliphatic carbocycles. The van der Waals surface area contributed by atoms with E-state index in [1.165, 1.54) is 0 Å². The summed E-state index contributed by atoms with van der Waals surface area (Å²) in [6, 6.07) is 0. The van der Waals surface area contributed by atoms with Crippen molar-refractivity contribution in [3.05, 3.63) is 12.2 Å². The van der Waals surface area contributed by atoms with Gasteiger partial charge in [-0.2, -0.15) is 0 Å². The van der Waals surface area contributed by atoms with Crippen molar-refractivity contribution in [2.45, 2.75) is 79.1 Å². The van der Waals surface area contributed by atoms with E-state index < -0.39 is 11.8 Å². The highest BCUT2D eigenvalue weighted by atomic mass is 16.5. The average molecular weight is 367 g/mol. The van der Waals surface area contributed by atoms with Crippen LogP contribution in [0.4, 0.5) is 0 Å². The monoisotopic (exact) mass is 366 g/mol. The SMILES string of the molecule is CC(C)CCCCOC(=O)C1CC=CCC1C(=O)OCCCCC(C)C. The summed E-state index contributed by atoms with van der Waals surface area (Å²) in [5.41, 5.74) is 0. The second-order valence-electron chi connectivity index (χ2n) is 8.27. The molecule has 4 nitrogen and oxygen atoms in total. The summed E-state index contributed by atoms with van der Waals surface area (Å²) >= 11 is 0. The fourth-order valence-electron chi connectivity index (χ4n) is 3.20. The van der Waals surface area contributed by atoms with Gasteiger partial charge in [-0.25, -0.2) is 0 Å². The quantitative estimate of drug-likeness (QED) is 0.267. The lowest BCUT2D eigenvalue weighted by Gasteiger charge is -2.25. The molecule has 0 aliphatic heterocycles. The van der Waals surface area contributed by atoms with E-state index in [1.54, 1.807) is 0 Å². The topological polar surface area (TPSA) is 52.6 Å². The molecule has 1 aliphatic rings. The Morgan fingerprint density at radius 2 is 1.15 bits per heavy atom. The van der Waals surface area contributed by atoms with E-state index in [4.69, 9.17) is 9.47 Å². The third-order valence-electron chi connectivity index (χ3n) is 4.88. The summed E-state index contributed by atoms with van der Waals surface area (Å²) < 4.78 is 10.9. The zero-order valence-corrected chi connectivity index (χ0v) is 17.2. The van der Waals surface area contributed by atoms with Gasteiger partial charge in [-0.3, -0.25) is 9.59 Å². The van der Waals surface area contributed by atoms with Crippen LogP contribution in [0, 0.1) is 23.7 Å². The fourth-order valence-corrected chi connectivity index (χ4v) is 3.20. The van der Waals surface area contributed by atoms with Crippen LogP contribution in [0.1, 0.15) is 79.1 Å². The van der Waals surface area contributed by atoms with Gasteiger partial charge in [-0.05, 0) is 50.4 Å². The number of ether oxygens (including phenoxy) is 2. The van der Waals surface area contributed by atoms with Crippen LogP contribution < -0.4 is 0 Å². The molecular weight excluding hydrogens is 328 g/mol. The standard InChI is InChI=1S/C22H38O4/c1-17(2)11-7-9-15-25-21(23)19-13-5-6-14-20(19)22(24)26-16-10-8-12-18(3)4/h5-6,17-20H,7-16H2,1-4H3. The number of rotatable bonds is 12. The number of carbonyl (C=O) groups is 2. The third kappa shape index (κ3) is 9.40. The Kier molecular flexibility index (Phi) is 11.3. The average Bonchev–Trinajstić information content (AvgIpc) is 2.60. The van der Waals surface area contributed by atoms with Crippen LogP contribution >= 0.6 is 0 Å². The van der Waals surface area contributed by atoms with E-state index in [0.717, 1.165) is 38.5 Å². The van der Waals surface area contributed by atoms with Gasteiger partial charge in [0, 0.05) is 0 Å². The Bertz CT molecular complexity index is 399. The van der Waals surface area contributed by atoms with Gasteiger partial charge in [-0.15, -0.1) is 0 Å². The predicted octanol–water partition coefficient (Wildman–Crippen LogP) is 5.31. The molecule has 2 unspecified atom stereocenters. The van der Waals surface area contributed by atoms with Gasteiger partial charge < -0.3 is 9.47 Å². The van der Waals surface area contributed by atoms with Gasteiger partial charge in [0.2, 0.25) is 0 Å². The van der Waals surface area contributed by atoms with Gasteiger partial charge in [0.25, 0.3) is 0 Å². The molecule has 0 saturated heterocycles. The zero-order chi connectivity index (χ0) is 19.4. The Morgan fingerprint density at radius 3 is 1.50 bits per heavy atom. The van der Waals surface area contributed by atoms with Crippen molar-refractivity contribution in [3.8, 4) is 0 Å². The van der Waals surface area contributed by atoms with Gasteiger partial charge in [0.15, 0.2) is 0 Å². The highest BCUT2D eigenvalue weighted by molar-refractivity contribution is 5.82. The molecule has 0 fully saturated rings. The molecule has 0 amide bonds. The first-order chi connectivity index (χ1) is 12.4. The van der Waals surface area contributed by atoms with Crippen LogP contribution in [0.3, 0.4) is 0 Å². The lowest BCUT2D eigenvalue weighted by Crippen LogP contribution is -2.34.